The SMILES string of the molecule is O=C(O)/C=C/c1ccc(OCC(O)CN2CCC(N[C@@H]3C[C@H]3c3ccccc3)CC2)cc1. The zero-order chi connectivity index (χ0) is 22.3. The molecule has 3 N–H and O–H groups in total. The molecular weight excluding hydrogens is 404 g/mol. The van der Waals surface area contributed by atoms with Crippen LogP contribution >= 0.6 is 0 Å². The van der Waals surface area contributed by atoms with E-state index in [2.05, 4.69) is 40.5 Å². The molecule has 1 unspecified atom stereocenters. The van der Waals surface area contributed by atoms with Gasteiger partial charge in [0, 0.05) is 30.6 Å². The van der Waals surface area contributed by atoms with Crippen molar-refractivity contribution in [1.82, 2.24) is 10.2 Å². The van der Waals surface area contributed by atoms with Crippen LogP contribution in [0.25, 0.3) is 6.08 Å². The van der Waals surface area contributed by atoms with Crippen LogP contribution in [0.5, 0.6) is 5.75 Å². The van der Waals surface area contributed by atoms with Gasteiger partial charge in [-0.2, -0.15) is 0 Å². The molecule has 2 aromatic rings. The van der Waals surface area contributed by atoms with Crippen molar-refractivity contribution in [1.29, 1.82) is 0 Å². The number of benzene rings is 2. The van der Waals surface area contributed by atoms with Crippen LogP contribution in [-0.2, 0) is 4.79 Å². The molecule has 2 fully saturated rings. The molecule has 4 rings (SSSR count). The minimum atomic E-state index is -0.975. The Morgan fingerprint density at radius 3 is 2.53 bits per heavy atom. The van der Waals surface area contributed by atoms with Crippen LogP contribution in [0.4, 0.5) is 0 Å². The summed E-state index contributed by atoms with van der Waals surface area (Å²) in [4.78, 5) is 12.9. The highest BCUT2D eigenvalue weighted by molar-refractivity contribution is 5.85. The van der Waals surface area contributed by atoms with Gasteiger partial charge in [-0.25, -0.2) is 4.79 Å². The van der Waals surface area contributed by atoms with Crippen molar-refractivity contribution in [3.63, 3.8) is 0 Å². The number of β-amino-alcohol motifs (C(OH)–C–C–N with tert-alkyl or cyclic N) is 1. The predicted molar refractivity (Wildman–Crippen MR) is 125 cm³/mol. The van der Waals surface area contributed by atoms with E-state index in [1.807, 2.05) is 0 Å². The van der Waals surface area contributed by atoms with Crippen LogP contribution in [0.1, 0.15) is 36.3 Å². The first-order valence-corrected chi connectivity index (χ1v) is 11.4. The highest BCUT2D eigenvalue weighted by Gasteiger charge is 2.39. The molecule has 0 bridgehead atoms. The standard InChI is InChI=1S/C26H32N2O4/c29-22(18-32-23-9-6-19(7-10-23)8-11-26(30)31)17-28-14-12-21(13-15-28)27-25-16-24(25)20-4-2-1-3-5-20/h1-11,21-22,24-25,27,29H,12-18H2,(H,30,31)/b11-8+/t22?,24-,25+/m0/s1. The van der Waals surface area contributed by atoms with E-state index < -0.39 is 12.1 Å². The van der Waals surface area contributed by atoms with Gasteiger partial charge in [0.15, 0.2) is 0 Å². The van der Waals surface area contributed by atoms with Gasteiger partial charge in [0.05, 0.1) is 0 Å². The Kier molecular flexibility index (Phi) is 7.58. The second-order valence-corrected chi connectivity index (χ2v) is 8.81. The van der Waals surface area contributed by atoms with E-state index >= 15 is 0 Å². The number of hydrogen-bond acceptors (Lipinski definition) is 5. The molecule has 2 aromatic carbocycles. The molecule has 6 heteroatoms. The number of rotatable bonds is 10. The fraction of sp³-hybridized carbons (Fsp3) is 0.423. The highest BCUT2D eigenvalue weighted by atomic mass is 16.5. The fourth-order valence-electron chi connectivity index (χ4n) is 4.42. The lowest BCUT2D eigenvalue weighted by Crippen LogP contribution is -2.46. The molecule has 3 atom stereocenters. The second-order valence-electron chi connectivity index (χ2n) is 8.81. The number of likely N-dealkylation sites (tertiary alicyclic amines) is 1. The first-order valence-electron chi connectivity index (χ1n) is 11.4. The van der Waals surface area contributed by atoms with Crippen molar-refractivity contribution < 1.29 is 19.7 Å². The number of ether oxygens (including phenoxy) is 1. The summed E-state index contributed by atoms with van der Waals surface area (Å²) in [6, 6.07) is 19.1. The minimum Gasteiger partial charge on any atom is -0.491 e. The van der Waals surface area contributed by atoms with Gasteiger partial charge in [-0.15, -0.1) is 0 Å². The third kappa shape index (κ3) is 6.66. The number of carboxylic acids is 1. The summed E-state index contributed by atoms with van der Waals surface area (Å²) in [7, 11) is 0. The summed E-state index contributed by atoms with van der Waals surface area (Å²) in [5.74, 6) is 0.351. The van der Waals surface area contributed by atoms with E-state index in [4.69, 9.17) is 9.84 Å². The summed E-state index contributed by atoms with van der Waals surface area (Å²) in [6.07, 6.45) is 5.54. The van der Waals surface area contributed by atoms with Gasteiger partial charge < -0.3 is 25.2 Å². The van der Waals surface area contributed by atoms with Gasteiger partial charge in [-0.1, -0.05) is 42.5 Å². The van der Waals surface area contributed by atoms with Gasteiger partial charge in [0.25, 0.3) is 0 Å². The van der Waals surface area contributed by atoms with Crippen LogP contribution in [0, 0.1) is 0 Å². The van der Waals surface area contributed by atoms with E-state index in [0.717, 1.165) is 37.6 Å². The smallest absolute Gasteiger partial charge is 0.328 e. The number of hydrogen-bond donors (Lipinski definition) is 3. The third-order valence-corrected chi connectivity index (χ3v) is 6.27. The van der Waals surface area contributed by atoms with Crippen molar-refractivity contribution >= 4 is 12.0 Å². The Labute approximate surface area is 189 Å². The number of aliphatic hydroxyl groups is 1. The maximum atomic E-state index is 10.6. The number of aliphatic hydroxyl groups excluding tert-OH is 1. The van der Waals surface area contributed by atoms with Crippen LogP contribution in [0.15, 0.2) is 60.7 Å². The van der Waals surface area contributed by atoms with Gasteiger partial charge in [-0.3, -0.25) is 0 Å². The molecule has 0 spiro atoms. The van der Waals surface area contributed by atoms with Gasteiger partial charge in [0.1, 0.15) is 18.5 Å². The van der Waals surface area contributed by atoms with Crippen LogP contribution in [0.2, 0.25) is 0 Å². The lowest BCUT2D eigenvalue weighted by Gasteiger charge is -2.33. The Morgan fingerprint density at radius 1 is 1.12 bits per heavy atom. The maximum absolute atomic E-state index is 10.6. The average Bonchev–Trinajstić information content (AvgIpc) is 3.58. The zero-order valence-electron chi connectivity index (χ0n) is 18.3. The molecule has 0 amide bonds. The number of carboxylic acid groups (broad SMARTS) is 1. The van der Waals surface area contributed by atoms with Crippen molar-refractivity contribution in [2.75, 3.05) is 26.2 Å². The van der Waals surface area contributed by atoms with E-state index in [9.17, 15) is 9.90 Å². The molecule has 0 radical (unpaired) electrons. The zero-order valence-corrected chi connectivity index (χ0v) is 18.3. The molecule has 2 aliphatic rings. The molecule has 170 valence electrons. The van der Waals surface area contributed by atoms with E-state index in [1.165, 1.54) is 18.1 Å². The molecule has 0 aromatic heterocycles. The van der Waals surface area contributed by atoms with Crippen molar-refractivity contribution in [2.24, 2.45) is 0 Å². The summed E-state index contributed by atoms with van der Waals surface area (Å²) in [6.45, 7) is 2.83. The minimum absolute atomic E-state index is 0.239. The van der Waals surface area contributed by atoms with Crippen molar-refractivity contribution in [3.05, 3.63) is 71.8 Å². The average molecular weight is 437 g/mol. The van der Waals surface area contributed by atoms with Crippen LogP contribution in [0.3, 0.4) is 0 Å². The largest absolute Gasteiger partial charge is 0.491 e. The molecule has 1 saturated heterocycles. The maximum Gasteiger partial charge on any atom is 0.328 e. The molecule has 32 heavy (non-hydrogen) atoms. The number of nitrogens with one attached hydrogen (secondary N) is 1. The first-order chi connectivity index (χ1) is 15.6. The molecule has 1 aliphatic carbocycles. The predicted octanol–water partition coefficient (Wildman–Crippen LogP) is 3.13. The Hall–Kier alpha value is -2.67. The number of nitrogens with zero attached hydrogens (tertiary/aromatic N) is 1. The monoisotopic (exact) mass is 436 g/mol. The van der Waals surface area contributed by atoms with Gasteiger partial charge in [-0.05, 0) is 61.7 Å². The first kappa shape index (κ1) is 22.5. The van der Waals surface area contributed by atoms with Crippen LogP contribution in [-0.4, -0.2) is 65.5 Å². The molecule has 6 nitrogen and oxygen atoms in total. The summed E-state index contributed by atoms with van der Waals surface area (Å²) >= 11 is 0. The number of piperidine rings is 1. The summed E-state index contributed by atoms with van der Waals surface area (Å²) in [5.41, 5.74) is 2.23. The Balaban J connectivity index is 1.12. The normalized spacial score (nSPS) is 22.7. The lowest BCUT2D eigenvalue weighted by atomic mass is 10.0. The molecule has 1 heterocycles. The fourth-order valence-corrected chi connectivity index (χ4v) is 4.42. The Morgan fingerprint density at radius 2 is 1.84 bits per heavy atom. The van der Waals surface area contributed by atoms with Crippen molar-refractivity contribution in [3.8, 4) is 5.75 Å². The molecular formula is C26H32N2O4. The van der Waals surface area contributed by atoms with Crippen molar-refractivity contribution in [2.45, 2.75) is 43.4 Å². The number of aliphatic carboxylic acids is 1. The molecule has 1 aliphatic heterocycles. The van der Waals surface area contributed by atoms with Crippen LogP contribution < -0.4 is 10.1 Å². The second kappa shape index (κ2) is 10.8. The lowest BCUT2D eigenvalue weighted by molar-refractivity contribution is -0.131. The van der Waals surface area contributed by atoms with E-state index in [-0.39, 0.29) is 6.61 Å². The van der Waals surface area contributed by atoms with Gasteiger partial charge >= 0.3 is 5.97 Å². The summed E-state index contributed by atoms with van der Waals surface area (Å²) < 4.78 is 5.70. The topological polar surface area (TPSA) is 82.0 Å². The third-order valence-electron chi connectivity index (χ3n) is 6.27. The van der Waals surface area contributed by atoms with Gasteiger partial charge in [0.2, 0.25) is 0 Å². The Bertz CT molecular complexity index is 892. The number of carbonyl (C=O) groups is 1. The summed E-state index contributed by atoms with van der Waals surface area (Å²) in [5, 5.41) is 22.9. The quantitative estimate of drug-likeness (QED) is 0.497. The highest BCUT2D eigenvalue weighted by Crippen LogP contribution is 2.41. The van der Waals surface area contributed by atoms with E-state index in [0.29, 0.717) is 30.3 Å². The van der Waals surface area contributed by atoms with E-state index in [1.54, 1.807) is 24.3 Å². The molecule has 1 saturated carbocycles.